The summed E-state index contributed by atoms with van der Waals surface area (Å²) in [6.45, 7) is 4.66. The molecule has 118 valence electrons. The smallest absolute Gasteiger partial charge is 0.489 e. The van der Waals surface area contributed by atoms with E-state index in [1.165, 1.54) is 0 Å². The average Bonchev–Trinajstić information content (AvgIpc) is 2.50. The number of fused-ring (bicyclic) bond motifs is 1. The van der Waals surface area contributed by atoms with Gasteiger partial charge in [0.15, 0.2) is 0 Å². The van der Waals surface area contributed by atoms with Crippen molar-refractivity contribution in [1.82, 2.24) is 5.32 Å². The van der Waals surface area contributed by atoms with Crippen molar-refractivity contribution in [2.24, 2.45) is 0 Å². The summed E-state index contributed by atoms with van der Waals surface area (Å²) >= 11 is 0. The summed E-state index contributed by atoms with van der Waals surface area (Å²) in [5, 5.41) is 33.4. The van der Waals surface area contributed by atoms with Gasteiger partial charge in [0, 0.05) is 18.0 Å². The highest BCUT2D eigenvalue weighted by Gasteiger charge is 2.17. The van der Waals surface area contributed by atoms with Crippen LogP contribution in [-0.2, 0) is 0 Å². The molecule has 0 heterocycles. The monoisotopic (exact) mass is 303 g/mol. The first-order valence-electron chi connectivity index (χ1n) is 7.41. The van der Waals surface area contributed by atoms with Gasteiger partial charge in [-0.2, -0.15) is 0 Å². The maximum absolute atomic E-state index is 9.91. The third-order valence-corrected chi connectivity index (χ3v) is 3.39. The van der Waals surface area contributed by atoms with Crippen molar-refractivity contribution in [2.75, 3.05) is 13.2 Å². The second-order valence-electron chi connectivity index (χ2n) is 5.60. The minimum absolute atomic E-state index is 0.171. The zero-order valence-electron chi connectivity index (χ0n) is 12.9. The molecule has 5 nitrogen and oxygen atoms in total. The number of ether oxygens (including phenoxy) is 1. The van der Waals surface area contributed by atoms with Crippen LogP contribution < -0.4 is 15.5 Å². The van der Waals surface area contributed by atoms with Gasteiger partial charge in [-0.1, -0.05) is 44.2 Å². The van der Waals surface area contributed by atoms with Crippen LogP contribution in [0.5, 0.6) is 5.75 Å². The Kier molecular flexibility index (Phi) is 5.79. The Balaban J connectivity index is 2.14. The molecule has 22 heavy (non-hydrogen) atoms. The van der Waals surface area contributed by atoms with Crippen molar-refractivity contribution in [3.63, 3.8) is 0 Å². The van der Waals surface area contributed by atoms with Crippen molar-refractivity contribution in [3.05, 3.63) is 36.4 Å². The van der Waals surface area contributed by atoms with Crippen molar-refractivity contribution in [3.8, 4) is 5.75 Å². The Morgan fingerprint density at radius 3 is 2.41 bits per heavy atom. The van der Waals surface area contributed by atoms with E-state index in [9.17, 15) is 15.2 Å². The molecule has 0 fully saturated rings. The molecule has 1 unspecified atom stereocenters. The van der Waals surface area contributed by atoms with Crippen LogP contribution in [0, 0.1) is 0 Å². The zero-order valence-corrected chi connectivity index (χ0v) is 12.9. The van der Waals surface area contributed by atoms with E-state index in [2.05, 4.69) is 5.32 Å². The van der Waals surface area contributed by atoms with Crippen LogP contribution in [0.1, 0.15) is 13.8 Å². The van der Waals surface area contributed by atoms with Crippen LogP contribution >= 0.6 is 0 Å². The molecule has 2 aromatic carbocycles. The molecule has 0 spiro atoms. The maximum atomic E-state index is 9.91. The molecule has 2 aromatic rings. The summed E-state index contributed by atoms with van der Waals surface area (Å²) in [6.07, 6.45) is -0.607. The Bertz CT molecular complexity index is 618. The summed E-state index contributed by atoms with van der Waals surface area (Å²) in [4.78, 5) is 0. The summed E-state index contributed by atoms with van der Waals surface area (Å²) < 4.78 is 5.69. The van der Waals surface area contributed by atoms with Gasteiger partial charge in [0.05, 0.1) is 0 Å². The molecular formula is C16H22BNO4. The summed E-state index contributed by atoms with van der Waals surface area (Å²) in [5.41, 5.74) is 0.435. The molecule has 0 aliphatic rings. The molecule has 0 radical (unpaired) electrons. The number of rotatable bonds is 7. The van der Waals surface area contributed by atoms with Crippen LogP contribution in [0.25, 0.3) is 10.8 Å². The standard InChI is InChI=1S/C16H22BNO4/c1-11(2)18-9-12(19)10-22-16-8-7-15(17(20)21)13-5-3-4-6-14(13)16/h3-8,11-12,18-21H,9-10H2,1-2H3. The first-order chi connectivity index (χ1) is 10.5. The van der Waals surface area contributed by atoms with E-state index in [0.717, 1.165) is 10.8 Å². The third kappa shape index (κ3) is 4.21. The lowest BCUT2D eigenvalue weighted by Crippen LogP contribution is -2.35. The van der Waals surface area contributed by atoms with Gasteiger partial charge in [0.2, 0.25) is 0 Å². The van der Waals surface area contributed by atoms with Crippen LogP contribution in [0.2, 0.25) is 0 Å². The van der Waals surface area contributed by atoms with Crippen molar-refractivity contribution in [1.29, 1.82) is 0 Å². The number of hydrogen-bond donors (Lipinski definition) is 4. The Morgan fingerprint density at radius 2 is 1.77 bits per heavy atom. The first kappa shape index (κ1) is 16.8. The van der Waals surface area contributed by atoms with Gasteiger partial charge in [-0.05, 0) is 16.9 Å². The number of aliphatic hydroxyl groups is 1. The van der Waals surface area contributed by atoms with E-state index >= 15 is 0 Å². The van der Waals surface area contributed by atoms with Gasteiger partial charge >= 0.3 is 7.12 Å². The molecular weight excluding hydrogens is 281 g/mol. The Morgan fingerprint density at radius 1 is 1.09 bits per heavy atom. The number of benzene rings is 2. The first-order valence-corrected chi connectivity index (χ1v) is 7.41. The summed E-state index contributed by atoms with van der Waals surface area (Å²) in [7, 11) is -1.53. The highest BCUT2D eigenvalue weighted by Crippen LogP contribution is 2.24. The van der Waals surface area contributed by atoms with Gasteiger partial charge in [0.25, 0.3) is 0 Å². The largest absolute Gasteiger partial charge is 0.490 e. The number of aliphatic hydroxyl groups excluding tert-OH is 1. The Labute approximate surface area is 130 Å². The van der Waals surface area contributed by atoms with Gasteiger partial charge < -0.3 is 25.2 Å². The van der Waals surface area contributed by atoms with Crippen molar-refractivity contribution >= 4 is 23.4 Å². The molecule has 1 atom stereocenters. The van der Waals surface area contributed by atoms with Crippen LogP contribution in [-0.4, -0.2) is 47.6 Å². The van der Waals surface area contributed by atoms with Gasteiger partial charge in [-0.3, -0.25) is 0 Å². The van der Waals surface area contributed by atoms with Gasteiger partial charge in [-0.15, -0.1) is 0 Å². The van der Waals surface area contributed by atoms with E-state index < -0.39 is 13.2 Å². The molecule has 2 rings (SSSR count). The predicted octanol–water partition coefficient (Wildman–Crippen LogP) is 0.257. The lowest BCUT2D eigenvalue weighted by Gasteiger charge is -2.16. The molecule has 0 saturated carbocycles. The summed E-state index contributed by atoms with van der Waals surface area (Å²) in [5.74, 6) is 0.614. The lowest BCUT2D eigenvalue weighted by atomic mass is 9.77. The number of hydrogen-bond acceptors (Lipinski definition) is 5. The fourth-order valence-corrected chi connectivity index (χ4v) is 2.26. The third-order valence-electron chi connectivity index (χ3n) is 3.39. The normalized spacial score (nSPS) is 12.6. The molecule has 0 amide bonds. The Hall–Kier alpha value is -1.60. The minimum Gasteiger partial charge on any atom is -0.490 e. The highest BCUT2D eigenvalue weighted by molar-refractivity contribution is 6.62. The molecule has 0 saturated heterocycles. The second kappa shape index (κ2) is 7.60. The molecule has 0 aliphatic heterocycles. The van der Waals surface area contributed by atoms with Crippen LogP contribution in [0.4, 0.5) is 0 Å². The molecule has 4 N–H and O–H groups in total. The van der Waals surface area contributed by atoms with Crippen molar-refractivity contribution in [2.45, 2.75) is 26.0 Å². The predicted molar refractivity (Wildman–Crippen MR) is 88.4 cm³/mol. The average molecular weight is 303 g/mol. The van der Waals surface area contributed by atoms with E-state index in [-0.39, 0.29) is 6.61 Å². The SMILES string of the molecule is CC(C)NCC(O)COc1ccc(B(O)O)c2ccccc12. The van der Waals surface area contributed by atoms with E-state index in [1.807, 2.05) is 38.1 Å². The van der Waals surface area contributed by atoms with E-state index in [1.54, 1.807) is 12.1 Å². The molecule has 0 bridgehead atoms. The molecule has 0 aliphatic carbocycles. The zero-order chi connectivity index (χ0) is 16.1. The topological polar surface area (TPSA) is 82.0 Å². The van der Waals surface area contributed by atoms with Crippen LogP contribution in [0.15, 0.2) is 36.4 Å². The molecule has 6 heteroatoms. The quantitative estimate of drug-likeness (QED) is 0.552. The number of nitrogens with one attached hydrogen (secondary N) is 1. The highest BCUT2D eigenvalue weighted by atomic mass is 16.5. The second-order valence-corrected chi connectivity index (χ2v) is 5.60. The van der Waals surface area contributed by atoms with Crippen LogP contribution in [0.3, 0.4) is 0 Å². The molecule has 0 aromatic heterocycles. The summed E-state index contributed by atoms with van der Waals surface area (Å²) in [6, 6.07) is 11.0. The van der Waals surface area contributed by atoms with Gasteiger partial charge in [-0.25, -0.2) is 0 Å². The fourth-order valence-electron chi connectivity index (χ4n) is 2.26. The van der Waals surface area contributed by atoms with E-state index in [0.29, 0.717) is 23.8 Å². The van der Waals surface area contributed by atoms with E-state index in [4.69, 9.17) is 4.74 Å². The maximum Gasteiger partial charge on any atom is 0.489 e. The van der Waals surface area contributed by atoms with Gasteiger partial charge in [0.1, 0.15) is 18.5 Å². The fraction of sp³-hybridized carbons (Fsp3) is 0.375. The minimum atomic E-state index is -1.53. The lowest BCUT2D eigenvalue weighted by molar-refractivity contribution is 0.105. The van der Waals surface area contributed by atoms with Crippen molar-refractivity contribution < 1.29 is 19.9 Å².